The van der Waals surface area contributed by atoms with Crippen LogP contribution in [0.2, 0.25) is 0 Å². The van der Waals surface area contributed by atoms with Gasteiger partial charge in [0.05, 0.1) is 6.67 Å². The van der Waals surface area contributed by atoms with Gasteiger partial charge in [0, 0.05) is 31.2 Å². The molecule has 1 heterocycles. The molecule has 0 bridgehead atoms. The van der Waals surface area contributed by atoms with E-state index in [0.717, 1.165) is 19.6 Å². The Morgan fingerprint density at radius 1 is 1.29 bits per heavy atom. The van der Waals surface area contributed by atoms with E-state index in [2.05, 4.69) is 17.1 Å². The van der Waals surface area contributed by atoms with E-state index >= 15 is 0 Å². The number of nitrogens with one attached hydrogen (secondary N) is 1. The Morgan fingerprint density at radius 3 is 2.71 bits per heavy atom. The molecule has 0 aromatic carbocycles. The highest BCUT2D eigenvalue weighted by atomic mass is 19.1. The SMILES string of the molecule is CCC1CN(CCCF)C2(CCCCC2)CN1. The Balaban J connectivity index is 2.01. The van der Waals surface area contributed by atoms with E-state index in [-0.39, 0.29) is 6.67 Å². The summed E-state index contributed by atoms with van der Waals surface area (Å²) < 4.78 is 12.4. The van der Waals surface area contributed by atoms with Crippen LogP contribution in [-0.2, 0) is 0 Å². The molecule has 0 aromatic heterocycles. The number of alkyl halides is 1. The lowest BCUT2D eigenvalue weighted by atomic mass is 9.78. The molecule has 17 heavy (non-hydrogen) atoms. The Kier molecular flexibility index (Phi) is 4.80. The summed E-state index contributed by atoms with van der Waals surface area (Å²) in [6.07, 6.45) is 8.59. The molecular formula is C14H27FN2. The van der Waals surface area contributed by atoms with Gasteiger partial charge in [0.25, 0.3) is 0 Å². The van der Waals surface area contributed by atoms with Crippen molar-refractivity contribution in [3.8, 4) is 0 Å². The molecule has 2 fully saturated rings. The normalized spacial score (nSPS) is 29.6. The molecule has 2 rings (SSSR count). The lowest BCUT2D eigenvalue weighted by Crippen LogP contribution is -2.65. The van der Waals surface area contributed by atoms with Gasteiger partial charge in [-0.25, -0.2) is 0 Å². The zero-order chi connectivity index (χ0) is 12.1. The quantitative estimate of drug-likeness (QED) is 0.815. The van der Waals surface area contributed by atoms with E-state index in [1.807, 2.05) is 0 Å². The Labute approximate surface area is 105 Å². The lowest BCUT2D eigenvalue weighted by Gasteiger charge is -2.52. The first-order chi connectivity index (χ1) is 8.30. The predicted octanol–water partition coefficient (Wildman–Crippen LogP) is 2.73. The Hall–Kier alpha value is -0.150. The third-order valence-corrected chi connectivity index (χ3v) is 4.67. The Morgan fingerprint density at radius 2 is 2.06 bits per heavy atom. The molecule has 1 unspecified atom stereocenters. The van der Waals surface area contributed by atoms with E-state index < -0.39 is 0 Å². The topological polar surface area (TPSA) is 15.3 Å². The van der Waals surface area contributed by atoms with E-state index in [4.69, 9.17) is 0 Å². The second-order valence-electron chi connectivity index (χ2n) is 5.76. The monoisotopic (exact) mass is 242 g/mol. The van der Waals surface area contributed by atoms with Crippen molar-refractivity contribution in [2.75, 3.05) is 26.3 Å². The third-order valence-electron chi connectivity index (χ3n) is 4.67. The molecule has 1 N–H and O–H groups in total. The number of nitrogens with zero attached hydrogens (tertiary/aromatic N) is 1. The van der Waals surface area contributed by atoms with Crippen LogP contribution in [0.4, 0.5) is 4.39 Å². The fourth-order valence-electron chi connectivity index (χ4n) is 3.53. The smallest absolute Gasteiger partial charge is 0.0906 e. The van der Waals surface area contributed by atoms with Crippen molar-refractivity contribution in [2.45, 2.75) is 63.5 Å². The van der Waals surface area contributed by atoms with Gasteiger partial charge in [-0.1, -0.05) is 26.2 Å². The molecule has 2 aliphatic rings. The largest absolute Gasteiger partial charge is 0.311 e. The van der Waals surface area contributed by atoms with Crippen LogP contribution >= 0.6 is 0 Å². The maximum atomic E-state index is 12.4. The maximum Gasteiger partial charge on any atom is 0.0906 e. The zero-order valence-corrected chi connectivity index (χ0v) is 11.2. The molecule has 0 radical (unpaired) electrons. The van der Waals surface area contributed by atoms with Gasteiger partial charge in [0.15, 0.2) is 0 Å². The molecule has 2 nitrogen and oxygen atoms in total. The molecule has 0 amide bonds. The minimum absolute atomic E-state index is 0.170. The second-order valence-corrected chi connectivity index (χ2v) is 5.76. The summed E-state index contributed by atoms with van der Waals surface area (Å²) >= 11 is 0. The van der Waals surface area contributed by atoms with Crippen molar-refractivity contribution in [3.05, 3.63) is 0 Å². The minimum Gasteiger partial charge on any atom is -0.311 e. The van der Waals surface area contributed by atoms with Crippen LogP contribution < -0.4 is 5.32 Å². The van der Waals surface area contributed by atoms with Crippen molar-refractivity contribution in [3.63, 3.8) is 0 Å². The van der Waals surface area contributed by atoms with Gasteiger partial charge < -0.3 is 5.32 Å². The van der Waals surface area contributed by atoms with Gasteiger partial charge in [0.1, 0.15) is 0 Å². The maximum absolute atomic E-state index is 12.4. The molecule has 100 valence electrons. The Bertz CT molecular complexity index is 226. The molecule has 1 spiro atoms. The molecule has 1 aliphatic carbocycles. The van der Waals surface area contributed by atoms with Gasteiger partial charge >= 0.3 is 0 Å². The van der Waals surface area contributed by atoms with Gasteiger partial charge in [-0.15, -0.1) is 0 Å². The van der Waals surface area contributed by atoms with Crippen LogP contribution in [0.1, 0.15) is 51.9 Å². The van der Waals surface area contributed by atoms with Crippen LogP contribution in [0.15, 0.2) is 0 Å². The number of halogens is 1. The molecule has 1 saturated carbocycles. The average Bonchev–Trinajstić information content (AvgIpc) is 2.39. The van der Waals surface area contributed by atoms with Crippen molar-refractivity contribution in [1.29, 1.82) is 0 Å². The van der Waals surface area contributed by atoms with Crippen molar-refractivity contribution < 1.29 is 4.39 Å². The van der Waals surface area contributed by atoms with Crippen molar-refractivity contribution >= 4 is 0 Å². The molecule has 1 saturated heterocycles. The standard InChI is InChI=1S/C14H27FN2/c1-2-13-11-17(10-6-9-15)14(12-16-13)7-4-3-5-8-14/h13,16H,2-12H2,1H3. The van der Waals surface area contributed by atoms with Crippen LogP contribution in [-0.4, -0.2) is 42.8 Å². The summed E-state index contributed by atoms with van der Waals surface area (Å²) in [5.74, 6) is 0. The van der Waals surface area contributed by atoms with Crippen molar-refractivity contribution in [1.82, 2.24) is 10.2 Å². The molecule has 1 aliphatic heterocycles. The fraction of sp³-hybridized carbons (Fsp3) is 1.00. The first kappa shape index (κ1) is 13.3. The predicted molar refractivity (Wildman–Crippen MR) is 70.1 cm³/mol. The summed E-state index contributed by atoms with van der Waals surface area (Å²) in [5, 5.41) is 3.70. The summed E-state index contributed by atoms with van der Waals surface area (Å²) in [7, 11) is 0. The van der Waals surface area contributed by atoms with Crippen LogP contribution in [0.25, 0.3) is 0 Å². The molecule has 3 heteroatoms. The number of rotatable bonds is 4. The van der Waals surface area contributed by atoms with E-state index in [1.54, 1.807) is 0 Å². The van der Waals surface area contributed by atoms with E-state index in [1.165, 1.54) is 38.5 Å². The molecule has 0 aromatic rings. The highest BCUT2D eigenvalue weighted by Crippen LogP contribution is 2.35. The first-order valence-electron chi connectivity index (χ1n) is 7.35. The van der Waals surface area contributed by atoms with Crippen LogP contribution in [0, 0.1) is 0 Å². The zero-order valence-electron chi connectivity index (χ0n) is 11.2. The van der Waals surface area contributed by atoms with E-state index in [9.17, 15) is 4.39 Å². The lowest BCUT2D eigenvalue weighted by molar-refractivity contribution is 0.00747. The molecule has 1 atom stereocenters. The minimum atomic E-state index is -0.170. The number of hydrogen-bond acceptors (Lipinski definition) is 2. The van der Waals surface area contributed by atoms with Gasteiger partial charge in [-0.05, 0) is 25.7 Å². The third kappa shape index (κ3) is 3.00. The first-order valence-corrected chi connectivity index (χ1v) is 7.35. The van der Waals surface area contributed by atoms with Gasteiger partial charge in [-0.3, -0.25) is 9.29 Å². The second kappa shape index (κ2) is 6.14. The van der Waals surface area contributed by atoms with Gasteiger partial charge in [-0.2, -0.15) is 0 Å². The van der Waals surface area contributed by atoms with E-state index in [0.29, 0.717) is 18.0 Å². The summed E-state index contributed by atoms with van der Waals surface area (Å²) in [4.78, 5) is 2.61. The van der Waals surface area contributed by atoms with Gasteiger partial charge in [0.2, 0.25) is 0 Å². The van der Waals surface area contributed by atoms with Crippen molar-refractivity contribution in [2.24, 2.45) is 0 Å². The molecular weight excluding hydrogens is 215 g/mol. The summed E-state index contributed by atoms with van der Waals surface area (Å²) in [6, 6.07) is 0.613. The summed E-state index contributed by atoms with van der Waals surface area (Å²) in [6.45, 7) is 5.27. The fourth-order valence-corrected chi connectivity index (χ4v) is 3.53. The number of piperazine rings is 1. The number of hydrogen-bond donors (Lipinski definition) is 1. The van der Waals surface area contributed by atoms with Crippen LogP contribution in [0.5, 0.6) is 0 Å². The summed E-state index contributed by atoms with van der Waals surface area (Å²) in [5.41, 5.74) is 0.360. The average molecular weight is 242 g/mol. The van der Waals surface area contributed by atoms with Crippen LogP contribution in [0.3, 0.4) is 0 Å². The highest BCUT2D eigenvalue weighted by Gasteiger charge is 2.41. The highest BCUT2D eigenvalue weighted by molar-refractivity contribution is 5.00.